The molecule has 0 spiro atoms. The quantitative estimate of drug-likeness (QED) is 0.174. The molecule has 0 aliphatic heterocycles. The Hall–Kier alpha value is -2.69. The largest absolute Gasteiger partial charge is 0.350 e. The molecule has 0 heterocycles. The topological polar surface area (TPSA) is 172 Å². The van der Waals surface area contributed by atoms with Gasteiger partial charge in [0.05, 0.1) is 32.8 Å². The molecule has 0 unspecified atom stereocenters. The molecule has 0 aliphatic carbocycles. The first-order chi connectivity index (χ1) is 9.99. The molecule has 0 saturated carbocycles. The maximum absolute atomic E-state index is 11.3. The predicted molar refractivity (Wildman–Crippen MR) is 70.3 cm³/mol. The monoisotopic (exact) mass is 302 g/mol. The van der Waals surface area contributed by atoms with Crippen LogP contribution in [0, 0.1) is 0 Å². The normalized spacial score (nSPS) is 9.19. The van der Waals surface area contributed by atoms with Gasteiger partial charge in [-0.2, -0.15) is 0 Å². The third-order valence-electron chi connectivity index (χ3n) is 1.98. The molecule has 0 aliphatic rings. The third-order valence-corrected chi connectivity index (χ3v) is 1.98. The highest BCUT2D eigenvalue weighted by Crippen LogP contribution is 1.70. The standard InChI is InChI=1S/C10H18N6O5/c11-5-16-10(21)4-15-9(20)3-14-8(19)2-13-7(18)1-12-6-17/h6H,1-5,11H2,(H,12,17)(H,13,18)(H,14,19)(H,15,20)(H,16,21). The first kappa shape index (κ1) is 18.3. The van der Waals surface area contributed by atoms with Crippen LogP contribution >= 0.6 is 0 Å². The van der Waals surface area contributed by atoms with Gasteiger partial charge in [-0.05, 0) is 0 Å². The molecule has 0 fully saturated rings. The molecule has 5 amide bonds. The molecule has 0 rings (SSSR count). The SMILES string of the molecule is NCNC(=O)CNC(=O)CNC(=O)CNC(=O)CNC=O. The second-order valence-electron chi connectivity index (χ2n) is 3.63. The lowest BCUT2D eigenvalue weighted by atomic mass is 10.4. The fraction of sp³-hybridized carbons (Fsp3) is 0.500. The van der Waals surface area contributed by atoms with Gasteiger partial charge in [0.15, 0.2) is 0 Å². The molecule has 0 bridgehead atoms. The van der Waals surface area contributed by atoms with Crippen LogP contribution in [-0.4, -0.2) is 62.9 Å². The highest BCUT2D eigenvalue weighted by molar-refractivity contribution is 5.90. The fourth-order valence-corrected chi connectivity index (χ4v) is 1.03. The van der Waals surface area contributed by atoms with E-state index in [4.69, 9.17) is 5.73 Å². The highest BCUT2D eigenvalue weighted by atomic mass is 16.2. The lowest BCUT2D eigenvalue weighted by molar-refractivity contribution is -0.128. The van der Waals surface area contributed by atoms with Crippen molar-refractivity contribution in [3.05, 3.63) is 0 Å². The first-order valence-electron chi connectivity index (χ1n) is 5.93. The fourth-order valence-electron chi connectivity index (χ4n) is 1.03. The van der Waals surface area contributed by atoms with Crippen LogP contribution in [0.25, 0.3) is 0 Å². The van der Waals surface area contributed by atoms with Crippen molar-refractivity contribution in [3.63, 3.8) is 0 Å². The summed E-state index contributed by atoms with van der Waals surface area (Å²) in [5.41, 5.74) is 5.06. The smallest absolute Gasteiger partial charge is 0.240 e. The Morgan fingerprint density at radius 3 is 1.48 bits per heavy atom. The number of hydrogen-bond donors (Lipinski definition) is 6. The summed E-state index contributed by atoms with van der Waals surface area (Å²) >= 11 is 0. The zero-order chi connectivity index (χ0) is 16.1. The molecule has 0 aromatic rings. The zero-order valence-electron chi connectivity index (χ0n) is 11.2. The predicted octanol–water partition coefficient (Wildman–Crippen LogP) is -4.89. The molecule has 118 valence electrons. The molecule has 21 heavy (non-hydrogen) atoms. The molecule has 7 N–H and O–H groups in total. The zero-order valence-corrected chi connectivity index (χ0v) is 11.2. The molecule has 0 radical (unpaired) electrons. The molecule has 0 atom stereocenters. The summed E-state index contributed by atoms with van der Waals surface area (Å²) in [5, 5.41) is 11.1. The Balaban J connectivity index is 3.72. The Bertz CT molecular complexity index is 399. The van der Waals surface area contributed by atoms with E-state index < -0.39 is 23.6 Å². The average Bonchev–Trinajstić information content (AvgIpc) is 2.46. The Kier molecular flexibility index (Phi) is 9.73. The van der Waals surface area contributed by atoms with E-state index >= 15 is 0 Å². The molecule has 0 aromatic carbocycles. The third kappa shape index (κ3) is 10.9. The molecule has 0 saturated heterocycles. The van der Waals surface area contributed by atoms with E-state index in [-0.39, 0.29) is 32.8 Å². The summed E-state index contributed by atoms with van der Waals surface area (Å²) in [5.74, 6) is -2.15. The molecule has 11 heteroatoms. The van der Waals surface area contributed by atoms with Gasteiger partial charge in [-0.25, -0.2) is 0 Å². The number of carbonyl (C=O) groups is 5. The van der Waals surface area contributed by atoms with E-state index in [1.807, 2.05) is 0 Å². The number of nitrogens with two attached hydrogens (primary N) is 1. The highest BCUT2D eigenvalue weighted by Gasteiger charge is 2.08. The Labute approximate surface area is 120 Å². The summed E-state index contributed by atoms with van der Waals surface area (Å²) < 4.78 is 0. The minimum Gasteiger partial charge on any atom is -0.350 e. The number of rotatable bonds is 10. The maximum Gasteiger partial charge on any atom is 0.240 e. The maximum atomic E-state index is 11.3. The number of carbonyl (C=O) groups excluding carboxylic acids is 5. The van der Waals surface area contributed by atoms with Crippen molar-refractivity contribution in [3.8, 4) is 0 Å². The van der Waals surface area contributed by atoms with Gasteiger partial charge in [0.2, 0.25) is 30.0 Å². The molecule has 11 nitrogen and oxygen atoms in total. The van der Waals surface area contributed by atoms with Crippen LogP contribution in [0.15, 0.2) is 0 Å². The van der Waals surface area contributed by atoms with Crippen molar-refractivity contribution in [1.29, 1.82) is 0 Å². The number of amides is 5. The van der Waals surface area contributed by atoms with Crippen LogP contribution in [0.1, 0.15) is 0 Å². The lowest BCUT2D eigenvalue weighted by Gasteiger charge is -2.07. The van der Waals surface area contributed by atoms with E-state index in [2.05, 4.69) is 26.6 Å². The summed E-state index contributed by atoms with van der Waals surface area (Å²) in [6.45, 7) is -1.20. The second-order valence-corrected chi connectivity index (χ2v) is 3.63. The first-order valence-corrected chi connectivity index (χ1v) is 5.93. The van der Waals surface area contributed by atoms with Crippen molar-refractivity contribution in [2.24, 2.45) is 5.73 Å². The molecular formula is C10H18N6O5. The van der Waals surface area contributed by atoms with Crippen molar-refractivity contribution in [1.82, 2.24) is 26.6 Å². The van der Waals surface area contributed by atoms with E-state index in [0.29, 0.717) is 6.41 Å². The Morgan fingerprint density at radius 2 is 1.10 bits per heavy atom. The number of hydrogen-bond acceptors (Lipinski definition) is 6. The van der Waals surface area contributed by atoms with Crippen LogP contribution in [0.4, 0.5) is 0 Å². The summed E-state index contributed by atoms with van der Waals surface area (Å²) in [4.78, 5) is 54.5. The summed E-state index contributed by atoms with van der Waals surface area (Å²) in [6.07, 6.45) is 0.352. The van der Waals surface area contributed by atoms with Gasteiger partial charge in [0, 0.05) is 0 Å². The van der Waals surface area contributed by atoms with Crippen LogP contribution in [0.2, 0.25) is 0 Å². The van der Waals surface area contributed by atoms with E-state index in [9.17, 15) is 24.0 Å². The van der Waals surface area contributed by atoms with E-state index in [0.717, 1.165) is 0 Å². The average molecular weight is 302 g/mol. The van der Waals surface area contributed by atoms with Crippen LogP contribution in [-0.2, 0) is 24.0 Å². The van der Waals surface area contributed by atoms with Gasteiger partial charge in [0.25, 0.3) is 0 Å². The summed E-state index contributed by atoms with van der Waals surface area (Å²) in [7, 11) is 0. The van der Waals surface area contributed by atoms with Crippen molar-refractivity contribution >= 4 is 30.0 Å². The van der Waals surface area contributed by atoms with Gasteiger partial charge in [-0.15, -0.1) is 0 Å². The van der Waals surface area contributed by atoms with Gasteiger partial charge < -0.3 is 32.3 Å². The van der Waals surface area contributed by atoms with Crippen LogP contribution < -0.4 is 32.3 Å². The number of nitrogens with one attached hydrogen (secondary N) is 5. The van der Waals surface area contributed by atoms with Crippen molar-refractivity contribution in [2.75, 3.05) is 32.8 Å². The van der Waals surface area contributed by atoms with E-state index in [1.165, 1.54) is 0 Å². The lowest BCUT2D eigenvalue weighted by Crippen LogP contribution is -2.45. The minimum absolute atomic E-state index is 0.0376. The van der Waals surface area contributed by atoms with Crippen LogP contribution in [0.5, 0.6) is 0 Å². The second kappa shape index (κ2) is 11.2. The van der Waals surface area contributed by atoms with Gasteiger partial charge in [-0.3, -0.25) is 24.0 Å². The van der Waals surface area contributed by atoms with Crippen molar-refractivity contribution < 1.29 is 24.0 Å². The van der Waals surface area contributed by atoms with Gasteiger partial charge in [0.1, 0.15) is 0 Å². The van der Waals surface area contributed by atoms with Gasteiger partial charge >= 0.3 is 0 Å². The van der Waals surface area contributed by atoms with E-state index in [1.54, 1.807) is 0 Å². The minimum atomic E-state index is -0.587. The Morgan fingerprint density at radius 1 is 0.714 bits per heavy atom. The molecular weight excluding hydrogens is 284 g/mol. The van der Waals surface area contributed by atoms with Gasteiger partial charge in [-0.1, -0.05) is 0 Å². The summed E-state index contributed by atoms with van der Waals surface area (Å²) in [6, 6.07) is 0. The van der Waals surface area contributed by atoms with Crippen molar-refractivity contribution in [2.45, 2.75) is 0 Å². The molecule has 0 aromatic heterocycles. The van der Waals surface area contributed by atoms with Crippen LogP contribution in [0.3, 0.4) is 0 Å².